The van der Waals surface area contributed by atoms with E-state index in [4.69, 9.17) is 4.74 Å². The molecule has 0 aliphatic carbocycles. The SMILES string of the molecule is CC(=O)c1cccc(NC(=O)COc2ccc(Br)cc2C(C)(C)C)c1. The van der Waals surface area contributed by atoms with Gasteiger partial charge in [-0.15, -0.1) is 0 Å². The number of rotatable bonds is 5. The molecule has 0 bridgehead atoms. The van der Waals surface area contributed by atoms with Crippen molar-refractivity contribution in [1.29, 1.82) is 0 Å². The molecular formula is C20H22BrNO3. The van der Waals surface area contributed by atoms with Crippen molar-refractivity contribution < 1.29 is 14.3 Å². The fourth-order valence-electron chi connectivity index (χ4n) is 2.37. The zero-order chi connectivity index (χ0) is 18.6. The molecule has 0 heterocycles. The molecule has 0 saturated heterocycles. The zero-order valence-electron chi connectivity index (χ0n) is 14.9. The van der Waals surface area contributed by atoms with E-state index in [0.29, 0.717) is 17.0 Å². The molecule has 4 nitrogen and oxygen atoms in total. The standard InChI is InChI=1S/C20H22BrNO3/c1-13(23)14-6-5-7-16(10-14)22-19(24)12-25-18-9-8-15(21)11-17(18)20(2,3)4/h5-11H,12H2,1-4H3,(H,22,24). The summed E-state index contributed by atoms with van der Waals surface area (Å²) in [6.45, 7) is 7.67. The number of halogens is 1. The maximum Gasteiger partial charge on any atom is 0.262 e. The molecule has 0 aromatic heterocycles. The summed E-state index contributed by atoms with van der Waals surface area (Å²) < 4.78 is 6.70. The van der Waals surface area contributed by atoms with Gasteiger partial charge in [0.15, 0.2) is 12.4 Å². The van der Waals surface area contributed by atoms with E-state index in [0.717, 1.165) is 10.0 Å². The normalized spacial score (nSPS) is 11.1. The third kappa shape index (κ3) is 5.43. The van der Waals surface area contributed by atoms with Gasteiger partial charge in [0, 0.05) is 21.3 Å². The number of carbonyl (C=O) groups excluding carboxylic acids is 2. The van der Waals surface area contributed by atoms with Crippen LogP contribution in [0.25, 0.3) is 0 Å². The third-order valence-electron chi connectivity index (χ3n) is 3.66. The van der Waals surface area contributed by atoms with Crippen molar-refractivity contribution in [3.8, 4) is 5.75 Å². The van der Waals surface area contributed by atoms with Crippen LogP contribution in [0.15, 0.2) is 46.9 Å². The molecule has 1 N–H and O–H groups in total. The first-order valence-corrected chi connectivity index (χ1v) is 8.80. The number of amides is 1. The number of benzene rings is 2. The number of ketones is 1. The second kappa shape index (κ2) is 7.83. The Morgan fingerprint density at radius 2 is 1.84 bits per heavy atom. The lowest BCUT2D eigenvalue weighted by molar-refractivity contribution is -0.118. The Morgan fingerprint density at radius 3 is 2.48 bits per heavy atom. The van der Waals surface area contributed by atoms with Crippen LogP contribution in [0.1, 0.15) is 43.6 Å². The first-order valence-electron chi connectivity index (χ1n) is 8.00. The Bertz CT molecular complexity index is 794. The van der Waals surface area contributed by atoms with E-state index in [1.807, 2.05) is 18.2 Å². The number of anilines is 1. The van der Waals surface area contributed by atoms with Crippen molar-refractivity contribution in [2.24, 2.45) is 0 Å². The van der Waals surface area contributed by atoms with Crippen molar-refractivity contribution in [3.05, 3.63) is 58.1 Å². The van der Waals surface area contributed by atoms with E-state index in [-0.39, 0.29) is 23.7 Å². The van der Waals surface area contributed by atoms with Gasteiger partial charge in [-0.2, -0.15) is 0 Å². The van der Waals surface area contributed by atoms with Gasteiger partial charge in [0.05, 0.1) is 0 Å². The van der Waals surface area contributed by atoms with E-state index < -0.39 is 0 Å². The second-order valence-corrected chi connectivity index (χ2v) is 7.78. The summed E-state index contributed by atoms with van der Waals surface area (Å²) in [5.74, 6) is 0.365. The Morgan fingerprint density at radius 1 is 1.12 bits per heavy atom. The minimum absolute atomic E-state index is 0.0444. The highest BCUT2D eigenvalue weighted by Gasteiger charge is 2.20. The van der Waals surface area contributed by atoms with Crippen molar-refractivity contribution >= 4 is 33.3 Å². The summed E-state index contributed by atoms with van der Waals surface area (Å²) in [6, 6.07) is 12.6. The van der Waals surface area contributed by atoms with Gasteiger partial charge >= 0.3 is 0 Å². The van der Waals surface area contributed by atoms with Gasteiger partial charge in [0.2, 0.25) is 0 Å². The Balaban J connectivity index is 2.06. The maximum absolute atomic E-state index is 12.2. The average Bonchev–Trinajstić information content (AvgIpc) is 2.53. The van der Waals surface area contributed by atoms with Crippen LogP contribution in [0.5, 0.6) is 5.75 Å². The fourth-order valence-corrected chi connectivity index (χ4v) is 2.73. The lowest BCUT2D eigenvalue weighted by atomic mass is 9.86. The van der Waals surface area contributed by atoms with Gasteiger partial charge in [0.25, 0.3) is 5.91 Å². The first kappa shape index (κ1) is 19.2. The van der Waals surface area contributed by atoms with E-state index >= 15 is 0 Å². The van der Waals surface area contributed by atoms with E-state index in [9.17, 15) is 9.59 Å². The summed E-state index contributed by atoms with van der Waals surface area (Å²) in [5, 5.41) is 2.75. The Kier molecular flexibility index (Phi) is 6.01. The molecule has 2 aromatic rings. The minimum Gasteiger partial charge on any atom is -0.483 e. The van der Waals surface area contributed by atoms with Gasteiger partial charge in [-0.3, -0.25) is 9.59 Å². The van der Waals surface area contributed by atoms with Gasteiger partial charge in [0.1, 0.15) is 5.75 Å². The van der Waals surface area contributed by atoms with Crippen molar-refractivity contribution in [2.75, 3.05) is 11.9 Å². The summed E-state index contributed by atoms with van der Waals surface area (Å²) >= 11 is 3.47. The molecule has 0 unspecified atom stereocenters. The highest BCUT2D eigenvalue weighted by Crippen LogP contribution is 2.33. The van der Waals surface area contributed by atoms with Crippen LogP contribution in [-0.2, 0) is 10.2 Å². The van der Waals surface area contributed by atoms with E-state index in [1.54, 1.807) is 24.3 Å². The van der Waals surface area contributed by atoms with Crippen LogP contribution in [0.2, 0.25) is 0 Å². The average molecular weight is 404 g/mol. The Labute approximate surface area is 156 Å². The van der Waals surface area contributed by atoms with E-state index in [2.05, 4.69) is 42.0 Å². The number of hydrogen-bond acceptors (Lipinski definition) is 3. The number of Topliss-reactive ketones (excluding diaryl/α,β-unsaturated/α-hetero) is 1. The minimum atomic E-state index is -0.275. The quantitative estimate of drug-likeness (QED) is 0.717. The van der Waals surface area contributed by atoms with Crippen LogP contribution in [0.4, 0.5) is 5.69 Å². The van der Waals surface area contributed by atoms with Gasteiger partial charge in [-0.25, -0.2) is 0 Å². The maximum atomic E-state index is 12.2. The molecule has 0 fully saturated rings. The van der Waals surface area contributed by atoms with E-state index in [1.165, 1.54) is 6.92 Å². The molecule has 2 rings (SSSR count). The van der Waals surface area contributed by atoms with Crippen LogP contribution in [-0.4, -0.2) is 18.3 Å². The molecule has 2 aromatic carbocycles. The molecule has 0 spiro atoms. The lowest BCUT2D eigenvalue weighted by Gasteiger charge is -2.23. The predicted molar refractivity (Wildman–Crippen MR) is 103 cm³/mol. The van der Waals surface area contributed by atoms with Crippen LogP contribution < -0.4 is 10.1 Å². The third-order valence-corrected chi connectivity index (χ3v) is 4.15. The summed E-state index contributed by atoms with van der Waals surface area (Å²) in [6.07, 6.45) is 0. The molecule has 0 aliphatic heterocycles. The highest BCUT2D eigenvalue weighted by molar-refractivity contribution is 9.10. The summed E-state index contributed by atoms with van der Waals surface area (Å²) in [7, 11) is 0. The molecule has 132 valence electrons. The molecule has 0 atom stereocenters. The van der Waals surface area contributed by atoms with Crippen LogP contribution >= 0.6 is 15.9 Å². The number of nitrogens with one attached hydrogen (secondary N) is 1. The highest BCUT2D eigenvalue weighted by atomic mass is 79.9. The fraction of sp³-hybridized carbons (Fsp3) is 0.300. The number of ether oxygens (including phenoxy) is 1. The van der Waals surface area contributed by atoms with Gasteiger partial charge in [-0.05, 0) is 42.7 Å². The van der Waals surface area contributed by atoms with Crippen LogP contribution in [0, 0.1) is 0 Å². The van der Waals surface area contributed by atoms with Crippen LogP contribution in [0.3, 0.4) is 0 Å². The summed E-state index contributed by atoms with van der Waals surface area (Å²) in [4.78, 5) is 23.6. The zero-order valence-corrected chi connectivity index (χ0v) is 16.4. The predicted octanol–water partition coefficient (Wildman–Crippen LogP) is 4.97. The monoisotopic (exact) mass is 403 g/mol. The molecular weight excluding hydrogens is 382 g/mol. The molecule has 0 aliphatic rings. The largest absolute Gasteiger partial charge is 0.483 e. The van der Waals surface area contributed by atoms with Gasteiger partial charge < -0.3 is 10.1 Å². The van der Waals surface area contributed by atoms with Crippen molar-refractivity contribution in [1.82, 2.24) is 0 Å². The lowest BCUT2D eigenvalue weighted by Crippen LogP contribution is -2.22. The topological polar surface area (TPSA) is 55.4 Å². The number of carbonyl (C=O) groups is 2. The molecule has 1 amide bonds. The Hall–Kier alpha value is -2.14. The molecule has 5 heteroatoms. The second-order valence-electron chi connectivity index (χ2n) is 6.86. The molecule has 25 heavy (non-hydrogen) atoms. The van der Waals surface area contributed by atoms with Crippen molar-refractivity contribution in [3.63, 3.8) is 0 Å². The number of hydrogen-bond donors (Lipinski definition) is 1. The van der Waals surface area contributed by atoms with Gasteiger partial charge in [-0.1, -0.05) is 48.8 Å². The molecule has 0 saturated carbocycles. The first-order chi connectivity index (χ1) is 11.7. The summed E-state index contributed by atoms with van der Waals surface area (Å²) in [5.41, 5.74) is 2.05. The molecule has 0 radical (unpaired) electrons. The van der Waals surface area contributed by atoms with Crippen molar-refractivity contribution in [2.45, 2.75) is 33.1 Å². The smallest absolute Gasteiger partial charge is 0.262 e.